The van der Waals surface area contributed by atoms with E-state index in [1.54, 1.807) is 0 Å². The number of hydrogen-bond acceptors (Lipinski definition) is 6. The molecule has 4 N–H and O–H groups in total. The van der Waals surface area contributed by atoms with Crippen molar-refractivity contribution in [3.63, 3.8) is 0 Å². The highest BCUT2D eigenvalue weighted by Crippen LogP contribution is 2.25. The van der Waals surface area contributed by atoms with Gasteiger partial charge in [-0.25, -0.2) is 4.98 Å². The van der Waals surface area contributed by atoms with Crippen LogP contribution in [0.5, 0.6) is 5.88 Å². The molecule has 1 heterocycles. The van der Waals surface area contributed by atoms with Gasteiger partial charge in [0.15, 0.2) is 5.82 Å². The van der Waals surface area contributed by atoms with E-state index in [2.05, 4.69) is 29.1 Å². The van der Waals surface area contributed by atoms with Crippen molar-refractivity contribution >= 4 is 11.5 Å². The highest BCUT2D eigenvalue weighted by Gasteiger charge is 2.14. The first kappa shape index (κ1) is 13.5. The van der Waals surface area contributed by atoms with Crippen molar-refractivity contribution in [3.8, 4) is 5.88 Å². The zero-order chi connectivity index (χ0) is 12.8. The number of nitrogens with zero attached hydrogens (tertiary/aromatic N) is 2. The summed E-state index contributed by atoms with van der Waals surface area (Å²) in [7, 11) is 1.50. The molecule has 1 atom stereocenters. The highest BCUT2D eigenvalue weighted by atomic mass is 16.5. The lowest BCUT2D eigenvalue weighted by atomic mass is 10.0. The summed E-state index contributed by atoms with van der Waals surface area (Å²) in [5.41, 5.74) is 6.19. The first-order valence-electron chi connectivity index (χ1n) is 5.60. The van der Waals surface area contributed by atoms with Gasteiger partial charge < -0.3 is 20.9 Å². The van der Waals surface area contributed by atoms with Crippen molar-refractivity contribution < 1.29 is 9.84 Å². The van der Waals surface area contributed by atoms with Gasteiger partial charge in [0.05, 0.1) is 19.8 Å². The topological polar surface area (TPSA) is 93.3 Å². The Kier molecular flexibility index (Phi) is 4.96. The molecule has 0 aliphatic carbocycles. The predicted molar refractivity (Wildman–Crippen MR) is 66.9 cm³/mol. The Morgan fingerprint density at radius 2 is 2.18 bits per heavy atom. The largest absolute Gasteiger partial charge is 0.479 e. The Labute approximate surface area is 101 Å². The van der Waals surface area contributed by atoms with E-state index in [1.165, 1.54) is 13.4 Å². The molecule has 0 aliphatic heterocycles. The molecular weight excluding hydrogens is 220 g/mol. The molecule has 0 aromatic carbocycles. The fourth-order valence-electron chi connectivity index (χ4n) is 1.60. The maximum Gasteiger partial charge on any atom is 0.242 e. The standard InChI is InChI=1S/C11H20N4O2/c1-7(2)4-8(5-16)15-10-9(12)11(17-3)14-6-13-10/h6-8,16H,4-5,12H2,1-3H3,(H,13,14,15). The van der Waals surface area contributed by atoms with E-state index in [1.807, 2.05) is 0 Å². The molecule has 0 amide bonds. The van der Waals surface area contributed by atoms with E-state index < -0.39 is 0 Å². The van der Waals surface area contributed by atoms with Crippen LogP contribution in [-0.2, 0) is 0 Å². The van der Waals surface area contributed by atoms with Gasteiger partial charge in [0.25, 0.3) is 0 Å². The maximum atomic E-state index is 9.28. The number of anilines is 2. The van der Waals surface area contributed by atoms with Crippen LogP contribution in [0.3, 0.4) is 0 Å². The number of rotatable bonds is 6. The predicted octanol–water partition coefficient (Wildman–Crippen LogP) is 0.886. The Morgan fingerprint density at radius 1 is 1.47 bits per heavy atom. The second-order valence-electron chi connectivity index (χ2n) is 4.30. The molecule has 6 heteroatoms. The molecule has 1 rings (SSSR count). The van der Waals surface area contributed by atoms with Crippen molar-refractivity contribution in [1.82, 2.24) is 9.97 Å². The van der Waals surface area contributed by atoms with Crippen molar-refractivity contribution in [2.24, 2.45) is 5.92 Å². The van der Waals surface area contributed by atoms with Gasteiger partial charge in [0, 0.05) is 0 Å². The summed E-state index contributed by atoms with van der Waals surface area (Å²) < 4.78 is 5.00. The van der Waals surface area contributed by atoms with Gasteiger partial charge in [-0.2, -0.15) is 4.98 Å². The van der Waals surface area contributed by atoms with E-state index in [0.717, 1.165) is 6.42 Å². The molecule has 1 aromatic rings. The number of hydrogen-bond donors (Lipinski definition) is 3. The number of methoxy groups -OCH3 is 1. The summed E-state index contributed by atoms with van der Waals surface area (Å²) >= 11 is 0. The molecule has 0 fully saturated rings. The Hall–Kier alpha value is -1.56. The van der Waals surface area contributed by atoms with Crippen LogP contribution in [0.1, 0.15) is 20.3 Å². The minimum atomic E-state index is -0.0723. The number of aliphatic hydroxyl groups excluding tert-OH is 1. The van der Waals surface area contributed by atoms with Crippen molar-refractivity contribution in [2.45, 2.75) is 26.3 Å². The van der Waals surface area contributed by atoms with Crippen molar-refractivity contribution in [3.05, 3.63) is 6.33 Å². The summed E-state index contributed by atoms with van der Waals surface area (Å²) in [5, 5.41) is 12.4. The molecule has 0 bridgehead atoms. The summed E-state index contributed by atoms with van der Waals surface area (Å²) in [5.74, 6) is 1.31. The molecule has 17 heavy (non-hydrogen) atoms. The smallest absolute Gasteiger partial charge is 0.242 e. The molecule has 96 valence electrons. The molecule has 6 nitrogen and oxygen atoms in total. The van der Waals surface area contributed by atoms with E-state index in [0.29, 0.717) is 23.3 Å². The summed E-state index contributed by atoms with van der Waals surface area (Å²) in [4.78, 5) is 7.93. The average molecular weight is 240 g/mol. The molecule has 1 aromatic heterocycles. The fraction of sp³-hybridized carbons (Fsp3) is 0.636. The lowest BCUT2D eigenvalue weighted by Gasteiger charge is -2.19. The first-order valence-corrected chi connectivity index (χ1v) is 5.60. The number of aromatic nitrogens is 2. The van der Waals surface area contributed by atoms with E-state index >= 15 is 0 Å². The van der Waals surface area contributed by atoms with Crippen LogP contribution >= 0.6 is 0 Å². The maximum absolute atomic E-state index is 9.28. The van der Waals surface area contributed by atoms with Gasteiger partial charge in [-0.05, 0) is 12.3 Å². The molecule has 1 unspecified atom stereocenters. The third-order valence-corrected chi connectivity index (χ3v) is 2.36. The van der Waals surface area contributed by atoms with Crippen LogP contribution in [0.25, 0.3) is 0 Å². The molecule has 0 radical (unpaired) electrons. The van der Waals surface area contributed by atoms with Crippen molar-refractivity contribution in [1.29, 1.82) is 0 Å². The number of nitrogen functional groups attached to an aromatic ring is 1. The van der Waals surface area contributed by atoms with Crippen LogP contribution in [0.4, 0.5) is 11.5 Å². The SMILES string of the molecule is COc1ncnc(NC(CO)CC(C)C)c1N. The first-order chi connectivity index (χ1) is 8.08. The third-order valence-electron chi connectivity index (χ3n) is 2.36. The average Bonchev–Trinajstić information content (AvgIpc) is 2.30. The second-order valence-corrected chi connectivity index (χ2v) is 4.30. The molecule has 0 aliphatic rings. The molecular formula is C11H20N4O2. The summed E-state index contributed by atoms with van der Waals surface area (Å²) in [6.45, 7) is 4.21. The zero-order valence-corrected chi connectivity index (χ0v) is 10.5. The van der Waals surface area contributed by atoms with Gasteiger partial charge >= 0.3 is 0 Å². The van der Waals surface area contributed by atoms with Crippen LogP contribution in [0.15, 0.2) is 6.33 Å². The number of nitrogens with two attached hydrogens (primary N) is 1. The minimum Gasteiger partial charge on any atom is -0.479 e. The van der Waals surface area contributed by atoms with E-state index in [-0.39, 0.29) is 12.6 Å². The minimum absolute atomic E-state index is 0.0317. The van der Waals surface area contributed by atoms with E-state index in [9.17, 15) is 5.11 Å². The lowest BCUT2D eigenvalue weighted by Crippen LogP contribution is -2.26. The monoisotopic (exact) mass is 240 g/mol. The fourth-order valence-corrected chi connectivity index (χ4v) is 1.60. The quantitative estimate of drug-likeness (QED) is 0.683. The zero-order valence-electron chi connectivity index (χ0n) is 10.5. The summed E-state index contributed by atoms with van der Waals surface area (Å²) in [6, 6.07) is -0.0723. The van der Waals surface area contributed by atoms with Crippen LogP contribution < -0.4 is 15.8 Å². The number of aliphatic hydroxyl groups is 1. The van der Waals surface area contributed by atoms with Crippen LogP contribution in [-0.4, -0.2) is 34.8 Å². The van der Waals surface area contributed by atoms with Gasteiger partial charge in [-0.3, -0.25) is 0 Å². The third kappa shape index (κ3) is 3.74. The van der Waals surface area contributed by atoms with Crippen molar-refractivity contribution in [2.75, 3.05) is 24.8 Å². The number of ether oxygens (including phenoxy) is 1. The number of nitrogens with one attached hydrogen (secondary N) is 1. The van der Waals surface area contributed by atoms with E-state index in [4.69, 9.17) is 10.5 Å². The van der Waals surface area contributed by atoms with Crippen LogP contribution in [0, 0.1) is 5.92 Å². The Morgan fingerprint density at radius 3 is 2.71 bits per heavy atom. The summed E-state index contributed by atoms with van der Waals surface area (Å²) in [6.07, 6.45) is 2.21. The van der Waals surface area contributed by atoms with Crippen LogP contribution in [0.2, 0.25) is 0 Å². The molecule has 0 saturated carbocycles. The lowest BCUT2D eigenvalue weighted by molar-refractivity contribution is 0.259. The van der Waals surface area contributed by atoms with Gasteiger partial charge in [-0.1, -0.05) is 13.8 Å². The Balaban J connectivity index is 2.79. The van der Waals surface area contributed by atoms with Gasteiger partial charge in [0.1, 0.15) is 12.0 Å². The molecule has 0 saturated heterocycles. The highest BCUT2D eigenvalue weighted by molar-refractivity contribution is 5.66. The normalized spacial score (nSPS) is 12.5. The van der Waals surface area contributed by atoms with Gasteiger partial charge in [0.2, 0.25) is 5.88 Å². The second kappa shape index (κ2) is 6.24. The Bertz CT molecular complexity index is 357. The van der Waals surface area contributed by atoms with Gasteiger partial charge in [-0.15, -0.1) is 0 Å². The molecule has 0 spiro atoms.